The molecule has 2 aromatic carbocycles. The minimum Gasteiger partial charge on any atom is -0.332 e. The molecule has 1 heterocycles. The molecule has 0 aliphatic carbocycles. The summed E-state index contributed by atoms with van der Waals surface area (Å²) in [6.07, 6.45) is 0. The Morgan fingerprint density at radius 3 is 2.54 bits per heavy atom. The van der Waals surface area contributed by atoms with E-state index in [2.05, 4.69) is 40.9 Å². The van der Waals surface area contributed by atoms with Crippen molar-refractivity contribution in [2.24, 2.45) is 0 Å². The molecular formula is C19H20N4S. The number of nitrogens with zero attached hydrogens (tertiary/aromatic N) is 2. The summed E-state index contributed by atoms with van der Waals surface area (Å²) < 4.78 is 1.97. The van der Waals surface area contributed by atoms with Crippen LogP contribution in [0.15, 0.2) is 60.7 Å². The van der Waals surface area contributed by atoms with Crippen LogP contribution in [0.2, 0.25) is 0 Å². The standard InChI is InChI=1S/C19H20N4S/c1-14-7-6-10-17(11-14)20-19(24)21-18-12-15(2)23(22-18)13-16-8-4-3-5-9-16/h3-12H,13H2,1-2H3,(H2,20,21,22,24). The highest BCUT2D eigenvalue weighted by Crippen LogP contribution is 2.13. The zero-order valence-corrected chi connectivity index (χ0v) is 14.6. The van der Waals surface area contributed by atoms with Gasteiger partial charge in [-0.3, -0.25) is 4.68 Å². The summed E-state index contributed by atoms with van der Waals surface area (Å²) in [5, 5.41) is 11.4. The van der Waals surface area contributed by atoms with E-state index in [4.69, 9.17) is 12.2 Å². The first kappa shape index (κ1) is 16.2. The second-order valence-electron chi connectivity index (χ2n) is 5.76. The van der Waals surface area contributed by atoms with Gasteiger partial charge in [0.05, 0.1) is 6.54 Å². The molecule has 4 nitrogen and oxygen atoms in total. The summed E-state index contributed by atoms with van der Waals surface area (Å²) in [7, 11) is 0. The van der Waals surface area contributed by atoms with E-state index in [1.165, 1.54) is 11.1 Å². The van der Waals surface area contributed by atoms with Gasteiger partial charge in [0, 0.05) is 17.4 Å². The molecule has 0 radical (unpaired) electrons. The van der Waals surface area contributed by atoms with E-state index < -0.39 is 0 Å². The average Bonchev–Trinajstić information content (AvgIpc) is 2.87. The maximum absolute atomic E-state index is 5.37. The van der Waals surface area contributed by atoms with Crippen molar-refractivity contribution in [2.75, 3.05) is 10.6 Å². The highest BCUT2D eigenvalue weighted by Gasteiger charge is 2.07. The second-order valence-corrected chi connectivity index (χ2v) is 6.17. The smallest absolute Gasteiger partial charge is 0.176 e. The van der Waals surface area contributed by atoms with Crippen LogP contribution in [0, 0.1) is 13.8 Å². The van der Waals surface area contributed by atoms with E-state index in [1.54, 1.807) is 0 Å². The molecule has 0 atom stereocenters. The average molecular weight is 336 g/mol. The Hall–Kier alpha value is -2.66. The van der Waals surface area contributed by atoms with Crippen LogP contribution in [0.5, 0.6) is 0 Å². The van der Waals surface area contributed by atoms with Crippen molar-refractivity contribution in [1.82, 2.24) is 9.78 Å². The molecule has 3 aromatic rings. The van der Waals surface area contributed by atoms with Crippen LogP contribution in [0.1, 0.15) is 16.8 Å². The van der Waals surface area contributed by atoms with Crippen molar-refractivity contribution >= 4 is 28.8 Å². The summed E-state index contributed by atoms with van der Waals surface area (Å²) in [5.74, 6) is 0.744. The van der Waals surface area contributed by atoms with Crippen LogP contribution in [0.4, 0.5) is 11.5 Å². The van der Waals surface area contributed by atoms with Crippen LogP contribution in [0.25, 0.3) is 0 Å². The van der Waals surface area contributed by atoms with Crippen molar-refractivity contribution in [2.45, 2.75) is 20.4 Å². The number of anilines is 2. The predicted molar refractivity (Wildman–Crippen MR) is 104 cm³/mol. The summed E-state index contributed by atoms with van der Waals surface area (Å²) in [4.78, 5) is 0. The maximum Gasteiger partial charge on any atom is 0.176 e. The monoisotopic (exact) mass is 336 g/mol. The minimum atomic E-state index is 0.532. The predicted octanol–water partition coefficient (Wildman–Crippen LogP) is 4.36. The second kappa shape index (κ2) is 7.27. The SMILES string of the molecule is Cc1cccc(NC(=S)Nc2cc(C)n(Cc3ccccc3)n2)c1. The fraction of sp³-hybridized carbons (Fsp3) is 0.158. The molecule has 0 saturated heterocycles. The third-order valence-corrected chi connectivity index (χ3v) is 3.88. The number of hydrogen-bond donors (Lipinski definition) is 2. The first-order chi connectivity index (χ1) is 11.6. The number of aryl methyl sites for hydroxylation is 2. The number of benzene rings is 2. The lowest BCUT2D eigenvalue weighted by atomic mass is 10.2. The molecule has 0 saturated carbocycles. The summed E-state index contributed by atoms with van der Waals surface area (Å²) in [6.45, 7) is 4.83. The third-order valence-electron chi connectivity index (χ3n) is 3.67. The van der Waals surface area contributed by atoms with E-state index in [-0.39, 0.29) is 0 Å². The van der Waals surface area contributed by atoms with E-state index in [1.807, 2.05) is 54.1 Å². The van der Waals surface area contributed by atoms with Crippen molar-refractivity contribution in [3.8, 4) is 0 Å². The maximum atomic E-state index is 5.37. The Kier molecular flexibility index (Phi) is 4.91. The first-order valence-corrected chi connectivity index (χ1v) is 8.24. The van der Waals surface area contributed by atoms with Crippen LogP contribution in [0.3, 0.4) is 0 Å². The van der Waals surface area contributed by atoms with Gasteiger partial charge in [0.2, 0.25) is 0 Å². The van der Waals surface area contributed by atoms with Gasteiger partial charge in [0.25, 0.3) is 0 Å². The molecule has 2 N–H and O–H groups in total. The highest BCUT2D eigenvalue weighted by atomic mass is 32.1. The molecule has 0 spiro atoms. The minimum absolute atomic E-state index is 0.532. The van der Waals surface area contributed by atoms with Gasteiger partial charge >= 0.3 is 0 Å². The van der Waals surface area contributed by atoms with Gasteiger partial charge in [0.1, 0.15) is 0 Å². The normalized spacial score (nSPS) is 10.4. The van der Waals surface area contributed by atoms with Crippen molar-refractivity contribution in [3.05, 3.63) is 77.5 Å². The largest absolute Gasteiger partial charge is 0.332 e. The fourth-order valence-corrected chi connectivity index (χ4v) is 2.71. The zero-order chi connectivity index (χ0) is 16.9. The molecule has 5 heteroatoms. The van der Waals surface area contributed by atoms with Crippen molar-refractivity contribution in [3.63, 3.8) is 0 Å². The van der Waals surface area contributed by atoms with E-state index in [0.717, 1.165) is 23.7 Å². The van der Waals surface area contributed by atoms with Crippen LogP contribution >= 0.6 is 12.2 Å². The topological polar surface area (TPSA) is 41.9 Å². The van der Waals surface area contributed by atoms with Crippen LogP contribution in [-0.2, 0) is 6.54 Å². The molecule has 0 aliphatic heterocycles. The van der Waals surface area contributed by atoms with Gasteiger partial charge in [-0.25, -0.2) is 0 Å². The molecule has 0 fully saturated rings. The van der Waals surface area contributed by atoms with Crippen LogP contribution < -0.4 is 10.6 Å². The summed E-state index contributed by atoms with van der Waals surface area (Å²) >= 11 is 5.37. The van der Waals surface area contributed by atoms with Crippen molar-refractivity contribution < 1.29 is 0 Å². The lowest BCUT2D eigenvalue weighted by Crippen LogP contribution is -2.19. The molecule has 3 rings (SSSR count). The van der Waals surface area contributed by atoms with Gasteiger partial charge in [-0.1, -0.05) is 42.5 Å². The molecule has 24 heavy (non-hydrogen) atoms. The molecule has 0 unspecified atom stereocenters. The Labute approximate surface area is 147 Å². The van der Waals surface area contributed by atoms with Gasteiger partial charge in [-0.05, 0) is 49.3 Å². The highest BCUT2D eigenvalue weighted by molar-refractivity contribution is 7.80. The third kappa shape index (κ3) is 4.20. The lowest BCUT2D eigenvalue weighted by molar-refractivity contribution is 0.668. The lowest BCUT2D eigenvalue weighted by Gasteiger charge is -2.09. The Morgan fingerprint density at radius 1 is 1.00 bits per heavy atom. The molecule has 0 aliphatic rings. The van der Waals surface area contributed by atoms with Gasteiger partial charge in [-0.2, -0.15) is 5.10 Å². The van der Waals surface area contributed by atoms with Gasteiger partial charge in [0.15, 0.2) is 10.9 Å². The quantitative estimate of drug-likeness (QED) is 0.695. The fourth-order valence-electron chi connectivity index (χ4n) is 2.49. The Balaban J connectivity index is 1.65. The number of nitrogens with one attached hydrogen (secondary N) is 2. The Morgan fingerprint density at radius 2 is 1.79 bits per heavy atom. The number of aromatic nitrogens is 2. The van der Waals surface area contributed by atoms with Crippen molar-refractivity contribution in [1.29, 1.82) is 0 Å². The van der Waals surface area contributed by atoms with E-state index in [9.17, 15) is 0 Å². The first-order valence-electron chi connectivity index (χ1n) is 7.83. The zero-order valence-electron chi connectivity index (χ0n) is 13.8. The number of rotatable bonds is 4. The summed E-state index contributed by atoms with van der Waals surface area (Å²) in [5.41, 5.74) is 4.45. The Bertz CT molecular complexity index is 840. The van der Waals surface area contributed by atoms with E-state index >= 15 is 0 Å². The molecule has 1 aromatic heterocycles. The van der Waals surface area contributed by atoms with Gasteiger partial charge in [-0.15, -0.1) is 0 Å². The molecule has 0 amide bonds. The molecule has 0 bridgehead atoms. The van der Waals surface area contributed by atoms with E-state index in [0.29, 0.717) is 5.11 Å². The van der Waals surface area contributed by atoms with Crippen LogP contribution in [-0.4, -0.2) is 14.9 Å². The molecule has 122 valence electrons. The molecular weight excluding hydrogens is 316 g/mol. The van der Waals surface area contributed by atoms with Gasteiger partial charge < -0.3 is 10.6 Å². The number of thiocarbonyl (C=S) groups is 1. The summed E-state index contributed by atoms with van der Waals surface area (Å²) in [6, 6.07) is 20.4. The number of hydrogen-bond acceptors (Lipinski definition) is 2.